The van der Waals surface area contributed by atoms with Crippen molar-refractivity contribution >= 4 is 29.3 Å². The van der Waals surface area contributed by atoms with Gasteiger partial charge in [-0.1, -0.05) is 53.5 Å². The van der Waals surface area contributed by atoms with Gasteiger partial charge in [-0.2, -0.15) is 0 Å². The number of carbonyl (C=O) groups excluding carboxylic acids is 1. The molecule has 4 rings (SSSR count). The predicted molar refractivity (Wildman–Crippen MR) is 126 cm³/mol. The lowest BCUT2D eigenvalue weighted by Gasteiger charge is -2.48. The summed E-state index contributed by atoms with van der Waals surface area (Å²) in [6, 6.07) is 15.3. The lowest BCUT2D eigenvalue weighted by atomic mass is 9.76. The molecule has 1 amide bonds. The Morgan fingerprint density at radius 2 is 1.71 bits per heavy atom. The number of ether oxygens (including phenoxy) is 1. The molecule has 4 nitrogen and oxygen atoms in total. The fourth-order valence-corrected chi connectivity index (χ4v) is 5.02. The van der Waals surface area contributed by atoms with Gasteiger partial charge >= 0.3 is 6.09 Å². The highest BCUT2D eigenvalue weighted by Crippen LogP contribution is 2.45. The van der Waals surface area contributed by atoms with Crippen molar-refractivity contribution in [3.63, 3.8) is 0 Å². The van der Waals surface area contributed by atoms with Crippen LogP contribution in [0.2, 0.25) is 10.0 Å². The van der Waals surface area contributed by atoms with Gasteiger partial charge in [0.25, 0.3) is 0 Å². The van der Waals surface area contributed by atoms with Gasteiger partial charge in [0.05, 0.1) is 10.0 Å². The Hall–Kier alpha value is -1.75. The normalized spacial score (nSPS) is 21.6. The van der Waals surface area contributed by atoms with Crippen LogP contribution in [0.4, 0.5) is 4.79 Å². The van der Waals surface area contributed by atoms with Crippen molar-refractivity contribution < 1.29 is 9.53 Å². The second kappa shape index (κ2) is 8.65. The number of rotatable bonds is 3. The third kappa shape index (κ3) is 4.72. The molecule has 1 saturated heterocycles. The van der Waals surface area contributed by atoms with Gasteiger partial charge in [-0.25, -0.2) is 4.79 Å². The molecular weight excluding hydrogens is 431 g/mol. The standard InChI is InChI=1S/C25H30Cl2N2O2/c1-25(2,3)31-24(30)29-14-17(15-29)28(4)23-12-10-18(19-7-5-6-8-20(19)23)16-9-11-21(26)22(27)13-16/h5-9,11,13,17-18,23H,10,12,14-15H2,1-4H3/t18-,23-/m0/s1. The molecule has 0 bridgehead atoms. The number of halogens is 2. The third-order valence-electron chi connectivity index (χ3n) is 6.39. The Morgan fingerprint density at radius 3 is 2.35 bits per heavy atom. The van der Waals surface area contributed by atoms with Gasteiger partial charge in [-0.15, -0.1) is 0 Å². The van der Waals surface area contributed by atoms with Crippen LogP contribution in [-0.4, -0.2) is 47.7 Å². The first-order valence-electron chi connectivity index (χ1n) is 10.9. The molecule has 0 saturated carbocycles. The van der Waals surface area contributed by atoms with Crippen molar-refractivity contribution in [3.05, 3.63) is 69.2 Å². The maximum Gasteiger partial charge on any atom is 0.410 e. The summed E-state index contributed by atoms with van der Waals surface area (Å²) in [5.74, 6) is 0.315. The first-order chi connectivity index (χ1) is 14.6. The average Bonchev–Trinajstić information content (AvgIpc) is 2.66. The third-order valence-corrected chi connectivity index (χ3v) is 7.13. The molecule has 0 aromatic heterocycles. The number of fused-ring (bicyclic) bond motifs is 1. The van der Waals surface area contributed by atoms with Crippen LogP contribution in [0.5, 0.6) is 0 Å². The van der Waals surface area contributed by atoms with Gasteiger partial charge in [0.2, 0.25) is 0 Å². The molecule has 2 aromatic rings. The first-order valence-corrected chi connectivity index (χ1v) is 11.6. The summed E-state index contributed by atoms with van der Waals surface area (Å²) in [7, 11) is 2.18. The molecular formula is C25H30Cl2N2O2. The molecule has 1 aliphatic carbocycles. The van der Waals surface area contributed by atoms with Crippen LogP contribution < -0.4 is 0 Å². The number of carbonyl (C=O) groups is 1. The van der Waals surface area contributed by atoms with Gasteiger partial charge < -0.3 is 9.64 Å². The van der Waals surface area contributed by atoms with Gasteiger partial charge in [0, 0.05) is 31.1 Å². The summed E-state index contributed by atoms with van der Waals surface area (Å²) < 4.78 is 5.50. The number of nitrogens with zero attached hydrogens (tertiary/aromatic N) is 2. The van der Waals surface area contributed by atoms with Crippen molar-refractivity contribution in [2.75, 3.05) is 20.1 Å². The summed E-state index contributed by atoms with van der Waals surface area (Å²) >= 11 is 12.4. The summed E-state index contributed by atoms with van der Waals surface area (Å²) in [5.41, 5.74) is 3.47. The van der Waals surface area contributed by atoms with Crippen molar-refractivity contribution in [3.8, 4) is 0 Å². The van der Waals surface area contributed by atoms with Gasteiger partial charge in [0.15, 0.2) is 0 Å². The highest BCUT2D eigenvalue weighted by atomic mass is 35.5. The summed E-state index contributed by atoms with van der Waals surface area (Å²) in [5, 5.41) is 1.19. The number of amides is 1. The molecule has 0 spiro atoms. The average molecular weight is 461 g/mol. The van der Waals surface area contributed by atoms with E-state index in [0.29, 0.717) is 41.1 Å². The topological polar surface area (TPSA) is 32.8 Å². The van der Waals surface area contributed by atoms with Crippen LogP contribution >= 0.6 is 23.2 Å². The molecule has 2 aliphatic rings. The smallest absolute Gasteiger partial charge is 0.410 e. The highest BCUT2D eigenvalue weighted by Gasteiger charge is 2.40. The van der Waals surface area contributed by atoms with Crippen molar-refractivity contribution in [2.45, 2.75) is 57.2 Å². The van der Waals surface area contributed by atoms with Gasteiger partial charge in [0.1, 0.15) is 5.60 Å². The lowest BCUT2D eigenvalue weighted by Crippen LogP contribution is -2.61. The van der Waals surface area contributed by atoms with Crippen LogP contribution in [0.25, 0.3) is 0 Å². The Labute approximate surface area is 195 Å². The highest BCUT2D eigenvalue weighted by molar-refractivity contribution is 6.42. The maximum atomic E-state index is 12.3. The van der Waals surface area contributed by atoms with E-state index >= 15 is 0 Å². The molecule has 31 heavy (non-hydrogen) atoms. The molecule has 2 atom stereocenters. The SMILES string of the molecule is CN(C1CN(C(=O)OC(C)(C)C)C1)[C@H]1CC[C@@H](c2ccc(Cl)c(Cl)c2)c2ccccc21. The second-order valence-corrected chi connectivity index (χ2v) is 10.5. The fraction of sp³-hybridized carbons (Fsp3) is 0.480. The monoisotopic (exact) mass is 460 g/mol. The van der Waals surface area contributed by atoms with Crippen molar-refractivity contribution in [1.82, 2.24) is 9.80 Å². The molecule has 0 N–H and O–H groups in total. The summed E-state index contributed by atoms with van der Waals surface area (Å²) in [6.45, 7) is 7.12. The number of hydrogen-bond donors (Lipinski definition) is 0. The van der Waals surface area contributed by atoms with E-state index in [1.807, 2.05) is 32.9 Å². The molecule has 0 unspecified atom stereocenters. The maximum absolute atomic E-state index is 12.3. The molecule has 1 heterocycles. The van der Waals surface area contributed by atoms with Gasteiger partial charge in [-0.05, 0) is 69.5 Å². The van der Waals surface area contributed by atoms with E-state index in [2.05, 4.69) is 42.3 Å². The van der Waals surface area contributed by atoms with Crippen molar-refractivity contribution in [2.24, 2.45) is 0 Å². The van der Waals surface area contributed by atoms with E-state index in [4.69, 9.17) is 27.9 Å². The van der Waals surface area contributed by atoms with Gasteiger partial charge in [-0.3, -0.25) is 4.90 Å². The van der Waals surface area contributed by atoms with Crippen LogP contribution in [0.1, 0.15) is 62.3 Å². The minimum atomic E-state index is -0.462. The molecule has 0 radical (unpaired) electrons. The largest absolute Gasteiger partial charge is 0.444 e. The first kappa shape index (κ1) is 22.4. The van der Waals surface area contributed by atoms with E-state index in [1.165, 1.54) is 16.7 Å². The van der Waals surface area contributed by atoms with E-state index in [0.717, 1.165) is 12.8 Å². The Balaban J connectivity index is 1.49. The molecule has 2 aromatic carbocycles. The quantitative estimate of drug-likeness (QED) is 0.522. The van der Waals surface area contributed by atoms with E-state index in [9.17, 15) is 4.79 Å². The molecule has 166 valence electrons. The van der Waals surface area contributed by atoms with E-state index < -0.39 is 5.60 Å². The van der Waals surface area contributed by atoms with E-state index in [1.54, 1.807) is 4.90 Å². The number of likely N-dealkylation sites (tertiary alicyclic amines) is 1. The van der Waals surface area contributed by atoms with Crippen LogP contribution in [0.3, 0.4) is 0 Å². The van der Waals surface area contributed by atoms with E-state index in [-0.39, 0.29) is 6.09 Å². The predicted octanol–water partition coefficient (Wildman–Crippen LogP) is 6.51. The Morgan fingerprint density at radius 1 is 1.03 bits per heavy atom. The molecule has 1 fully saturated rings. The molecule has 6 heteroatoms. The van der Waals surface area contributed by atoms with Crippen LogP contribution in [-0.2, 0) is 4.74 Å². The zero-order chi connectivity index (χ0) is 22.3. The summed E-state index contributed by atoms with van der Waals surface area (Å²) in [6.07, 6.45) is 1.88. The fourth-order valence-electron chi connectivity index (χ4n) is 4.71. The number of hydrogen-bond acceptors (Lipinski definition) is 3. The molecule has 1 aliphatic heterocycles. The minimum Gasteiger partial charge on any atom is -0.444 e. The zero-order valence-electron chi connectivity index (χ0n) is 18.6. The van der Waals surface area contributed by atoms with Crippen molar-refractivity contribution in [1.29, 1.82) is 0 Å². The second-order valence-electron chi connectivity index (χ2n) is 9.65. The van der Waals surface area contributed by atoms with Crippen LogP contribution in [0.15, 0.2) is 42.5 Å². The summed E-state index contributed by atoms with van der Waals surface area (Å²) in [4.78, 5) is 16.5. The Bertz CT molecular complexity index is 966. The minimum absolute atomic E-state index is 0.221. The Kier molecular flexibility index (Phi) is 6.26. The van der Waals surface area contributed by atoms with Crippen LogP contribution in [0, 0.1) is 0 Å². The zero-order valence-corrected chi connectivity index (χ0v) is 20.1. The number of benzene rings is 2. The lowest BCUT2D eigenvalue weighted by molar-refractivity contribution is -0.0199. The number of likely N-dealkylation sites (N-methyl/N-ethyl adjacent to an activating group) is 1.